The van der Waals surface area contributed by atoms with E-state index in [-0.39, 0.29) is 38.8 Å². The van der Waals surface area contributed by atoms with Crippen LogP contribution < -0.4 is 48.3 Å². The van der Waals surface area contributed by atoms with Gasteiger partial charge in [0.1, 0.15) is 110 Å². The van der Waals surface area contributed by atoms with Crippen molar-refractivity contribution in [1.82, 2.24) is 52.3 Å². The molecule has 4 rings (SSSR count). The standard InChI is InChI=1S/C55H93N11O27/c1-19(2)33(49(85)63-37(24(7)73)53(89)66-15-11-13-28(66)46(82)62-36(23(6)72)52(88)65-14-10-12-27(65)45(81)60-34(21(4)70)48(84)57-16-31(75)76)59-50(86)35(22(5)71)61-51(87)38(64-47(83)32(56)20(3)69)25(8)90-54-39(58-26(9)74)44(41(78)30(18-68)91-54)93-55-43(80)42(79)40(77)29(17-67)92-55/h19-25,27-30,32-44,54-55,67-73,77-80H,10-18,56H2,1-9H3,(H,57,84)(H,58,74)(H,59,86)(H,60,81)(H,61,87)(H,62,82)(H,63,85)(H,64,83)(H,75,76)/t20-,21-,22-,23-,24-,25-,27+,28+,29-,30-,32+,33-,34+,35+,36+,37+,38+,39-,40+,41-,42+,43-,44-,54+,55+/m1/s1. The highest BCUT2D eigenvalue weighted by atomic mass is 16.7. The van der Waals surface area contributed by atoms with Crippen molar-refractivity contribution in [2.75, 3.05) is 32.8 Å². The summed E-state index contributed by atoms with van der Waals surface area (Å²) in [6, 6.07) is -17.0. The molecule has 38 nitrogen and oxygen atoms in total. The number of nitrogens with two attached hydrogens (primary N) is 1. The predicted octanol–water partition coefficient (Wildman–Crippen LogP) is -11.9. The van der Waals surface area contributed by atoms with E-state index in [1.165, 1.54) is 20.8 Å². The third-order valence-corrected chi connectivity index (χ3v) is 16.1. The van der Waals surface area contributed by atoms with Crippen LogP contribution in [0.3, 0.4) is 0 Å². The van der Waals surface area contributed by atoms with E-state index in [1.54, 1.807) is 0 Å². The topological polar surface area (TPSA) is 596 Å². The highest BCUT2D eigenvalue weighted by Crippen LogP contribution is 2.31. The van der Waals surface area contributed by atoms with E-state index in [0.29, 0.717) is 0 Å². The molecule has 0 saturated carbocycles. The largest absolute Gasteiger partial charge is 0.480 e. The third kappa shape index (κ3) is 20.5. The Labute approximate surface area is 533 Å². The second kappa shape index (κ2) is 35.3. The number of amides is 10. The minimum atomic E-state index is -2.05. The quantitative estimate of drug-likeness (QED) is 0.0306. The van der Waals surface area contributed by atoms with E-state index >= 15 is 0 Å². The Morgan fingerprint density at radius 1 is 0.527 bits per heavy atom. The lowest BCUT2D eigenvalue weighted by atomic mass is 9.95. The summed E-state index contributed by atoms with van der Waals surface area (Å²) < 4.78 is 23.2. The van der Waals surface area contributed by atoms with Gasteiger partial charge >= 0.3 is 5.97 Å². The summed E-state index contributed by atoms with van der Waals surface area (Å²) in [5.74, 6) is -12.9. The van der Waals surface area contributed by atoms with Crippen LogP contribution in [0, 0.1) is 5.92 Å². The molecule has 0 radical (unpaired) electrons. The molecule has 4 aliphatic heterocycles. The molecule has 4 aliphatic rings. The van der Waals surface area contributed by atoms with Gasteiger partial charge in [0, 0.05) is 20.0 Å². The first-order valence-electron chi connectivity index (χ1n) is 30.3. The van der Waals surface area contributed by atoms with Crippen LogP contribution in [0.4, 0.5) is 0 Å². The lowest BCUT2D eigenvalue weighted by molar-refractivity contribution is -0.347. The Bertz CT molecular complexity index is 2600. The fraction of sp³-hybridized carbons (Fsp3) is 0.800. The Hall–Kier alpha value is -6.47. The van der Waals surface area contributed by atoms with Crippen LogP contribution in [0.5, 0.6) is 0 Å². The van der Waals surface area contributed by atoms with E-state index in [4.69, 9.17) is 29.8 Å². The molecule has 93 heavy (non-hydrogen) atoms. The smallest absolute Gasteiger partial charge is 0.322 e. The molecular formula is C55H93N11O27. The average Bonchev–Trinajstić information content (AvgIpc) is 1.27. The van der Waals surface area contributed by atoms with Gasteiger partial charge in [-0.15, -0.1) is 0 Å². The number of carbonyl (C=O) groups is 11. The Balaban J connectivity index is 1.54. The maximum Gasteiger partial charge on any atom is 0.322 e. The number of hydrogen-bond acceptors (Lipinski definition) is 27. The molecule has 22 N–H and O–H groups in total. The van der Waals surface area contributed by atoms with Crippen LogP contribution in [-0.4, -0.2) is 321 Å². The van der Waals surface area contributed by atoms with Crippen LogP contribution in [-0.2, 0) is 71.7 Å². The van der Waals surface area contributed by atoms with Gasteiger partial charge in [-0.1, -0.05) is 13.8 Å². The molecule has 4 saturated heterocycles. The van der Waals surface area contributed by atoms with E-state index in [0.717, 1.165) is 51.3 Å². The zero-order valence-electron chi connectivity index (χ0n) is 52.8. The van der Waals surface area contributed by atoms with E-state index in [1.807, 2.05) is 5.32 Å². The molecule has 4 fully saturated rings. The van der Waals surface area contributed by atoms with Gasteiger partial charge in [0.2, 0.25) is 59.1 Å². The summed E-state index contributed by atoms with van der Waals surface area (Å²) in [5, 5.41) is 144. The summed E-state index contributed by atoms with van der Waals surface area (Å²) in [6.45, 7) is 7.81. The fourth-order valence-electron chi connectivity index (χ4n) is 10.8. The first-order valence-corrected chi connectivity index (χ1v) is 30.3. The van der Waals surface area contributed by atoms with Crippen molar-refractivity contribution in [3.63, 3.8) is 0 Å². The predicted molar refractivity (Wildman–Crippen MR) is 311 cm³/mol. The number of aliphatic carboxylic acids is 1. The Morgan fingerprint density at radius 3 is 1.41 bits per heavy atom. The van der Waals surface area contributed by atoms with E-state index < -0.39 is 243 Å². The number of nitrogens with one attached hydrogen (secondary N) is 8. The minimum Gasteiger partial charge on any atom is -0.480 e. The number of carboxylic acid groups (broad SMARTS) is 1. The third-order valence-electron chi connectivity index (χ3n) is 16.1. The number of likely N-dealkylation sites (tertiary alicyclic amines) is 2. The van der Waals surface area contributed by atoms with Crippen molar-refractivity contribution < 1.29 is 133 Å². The first-order chi connectivity index (χ1) is 43.4. The molecule has 25 atom stereocenters. The zero-order chi connectivity index (χ0) is 70.4. The summed E-state index contributed by atoms with van der Waals surface area (Å²) in [4.78, 5) is 151. The number of carboxylic acids is 1. The molecule has 0 aromatic carbocycles. The molecule has 0 aromatic rings. The summed E-state index contributed by atoms with van der Waals surface area (Å²) >= 11 is 0. The van der Waals surface area contributed by atoms with Crippen LogP contribution >= 0.6 is 0 Å². The number of aliphatic hydroxyl groups is 11. The molecule has 0 aromatic heterocycles. The first kappa shape index (κ1) is 79.0. The van der Waals surface area contributed by atoms with Gasteiger partial charge < -0.3 is 138 Å². The van der Waals surface area contributed by atoms with Crippen LogP contribution in [0.15, 0.2) is 0 Å². The molecule has 4 heterocycles. The molecule has 0 bridgehead atoms. The summed E-state index contributed by atoms with van der Waals surface area (Å²) in [6.07, 6.45) is -26.1. The molecule has 0 unspecified atom stereocenters. The number of carbonyl (C=O) groups excluding carboxylic acids is 10. The second-order valence-electron chi connectivity index (χ2n) is 24.0. The van der Waals surface area contributed by atoms with Gasteiger partial charge in [-0.3, -0.25) is 52.7 Å². The van der Waals surface area contributed by atoms with Gasteiger partial charge in [-0.05, 0) is 73.1 Å². The lowest BCUT2D eigenvalue weighted by Crippen LogP contribution is -2.69. The minimum absolute atomic E-state index is 0.0255. The fourth-order valence-corrected chi connectivity index (χ4v) is 10.8. The molecular weight excluding hydrogens is 1250 g/mol. The van der Waals surface area contributed by atoms with Gasteiger partial charge in [-0.25, -0.2) is 0 Å². The molecule has 0 aliphatic carbocycles. The zero-order valence-corrected chi connectivity index (χ0v) is 52.8. The van der Waals surface area contributed by atoms with Gasteiger partial charge in [-0.2, -0.15) is 0 Å². The number of hydrogen-bond donors (Lipinski definition) is 21. The molecule has 10 amide bonds. The number of rotatable bonds is 31. The van der Waals surface area contributed by atoms with Crippen molar-refractivity contribution in [3.8, 4) is 0 Å². The molecule has 0 spiro atoms. The van der Waals surface area contributed by atoms with Gasteiger partial charge in [0.25, 0.3) is 0 Å². The number of ether oxygens (including phenoxy) is 4. The number of aliphatic hydroxyl groups excluding tert-OH is 11. The van der Waals surface area contributed by atoms with Crippen molar-refractivity contribution in [1.29, 1.82) is 0 Å². The summed E-state index contributed by atoms with van der Waals surface area (Å²) in [7, 11) is 0. The van der Waals surface area contributed by atoms with Gasteiger partial charge in [0.05, 0.1) is 49.8 Å². The van der Waals surface area contributed by atoms with E-state index in [2.05, 4.69) is 37.2 Å². The van der Waals surface area contributed by atoms with Crippen molar-refractivity contribution in [3.05, 3.63) is 0 Å². The normalized spacial score (nSPS) is 29.0. The molecule has 38 heteroatoms. The van der Waals surface area contributed by atoms with Crippen molar-refractivity contribution in [2.45, 2.75) is 240 Å². The van der Waals surface area contributed by atoms with Crippen molar-refractivity contribution in [2.24, 2.45) is 11.7 Å². The second-order valence-corrected chi connectivity index (χ2v) is 24.0. The SMILES string of the molecule is CC(=O)N[C@H]1[C@@H](O[C@H](C)[C@H](NC(=O)[C@@H](N)[C@@H](C)O)C(=O)N[C@H](C(=O)N[C@@H](C(=O)N[C@H](C(=O)N2CCC[C@H]2C(=O)N[C@H](C(=O)N2CCC[C@H]2C(=O)N[C@H](C(=O)NCC(=O)O)[C@@H](C)O)[C@@H](C)O)[C@@H](C)O)C(C)C)[C@@H](C)O)O[C@H](CO)[C@@H](O)[C@@H]1O[C@@H]1O[C@H](CO)[C@H](O)[C@H](O)[C@H]1O. The lowest BCUT2D eigenvalue weighted by Gasteiger charge is -2.48. The van der Waals surface area contributed by atoms with Crippen LogP contribution in [0.2, 0.25) is 0 Å². The maximum absolute atomic E-state index is 14.5. The Kier molecular flexibility index (Phi) is 30.0. The molecule has 530 valence electrons. The van der Waals surface area contributed by atoms with Crippen LogP contribution in [0.1, 0.15) is 88.0 Å². The average molecular weight is 1340 g/mol. The monoisotopic (exact) mass is 1340 g/mol. The van der Waals surface area contributed by atoms with Gasteiger partial charge in [0.15, 0.2) is 12.6 Å². The maximum atomic E-state index is 14.5. The van der Waals surface area contributed by atoms with E-state index in [9.17, 15) is 109 Å². The number of nitrogens with zero attached hydrogens (tertiary/aromatic N) is 2. The van der Waals surface area contributed by atoms with Crippen LogP contribution in [0.25, 0.3) is 0 Å². The highest BCUT2D eigenvalue weighted by molar-refractivity contribution is 5.99. The Morgan fingerprint density at radius 2 is 0.946 bits per heavy atom. The van der Waals surface area contributed by atoms with Crippen molar-refractivity contribution >= 4 is 65.0 Å². The highest BCUT2D eigenvalue weighted by Gasteiger charge is 2.53. The summed E-state index contributed by atoms with van der Waals surface area (Å²) in [5.41, 5.74) is 5.90.